The second-order valence-electron chi connectivity index (χ2n) is 7.83. The molecule has 1 N–H and O–H groups in total. The fourth-order valence-electron chi connectivity index (χ4n) is 3.18. The summed E-state index contributed by atoms with van der Waals surface area (Å²) < 4.78 is 32.2. The van der Waals surface area contributed by atoms with Crippen LogP contribution < -0.4 is 15.0 Å². The number of halogens is 2. The molecule has 0 atom stereocenters. The lowest BCUT2D eigenvalue weighted by molar-refractivity contribution is -0.116. The van der Waals surface area contributed by atoms with E-state index in [2.05, 4.69) is 32.3 Å². The topological polar surface area (TPSA) is 97.3 Å². The van der Waals surface area contributed by atoms with E-state index in [-0.39, 0.29) is 33.5 Å². The Labute approximate surface area is 204 Å². The molecule has 8 nitrogen and oxygen atoms in total. The Morgan fingerprint density at radius 3 is 2.66 bits per heavy atom. The highest BCUT2D eigenvalue weighted by atomic mass is 32.1. The maximum atomic E-state index is 13.4. The molecule has 1 aliphatic rings. The van der Waals surface area contributed by atoms with E-state index in [1.54, 1.807) is 19.2 Å². The third kappa shape index (κ3) is 5.60. The molecule has 0 radical (unpaired) electrons. The van der Waals surface area contributed by atoms with Gasteiger partial charge in [0.1, 0.15) is 11.4 Å². The number of carbonyl (C=O) groups is 2. The van der Waals surface area contributed by atoms with Crippen molar-refractivity contribution in [3.8, 4) is 28.7 Å². The van der Waals surface area contributed by atoms with Crippen molar-refractivity contribution in [2.45, 2.75) is 26.2 Å². The summed E-state index contributed by atoms with van der Waals surface area (Å²) in [6, 6.07) is 5.84. The fourth-order valence-corrected chi connectivity index (χ4v) is 3.78. The summed E-state index contributed by atoms with van der Waals surface area (Å²) in [5.41, 5.74) is 0.675. The van der Waals surface area contributed by atoms with Crippen molar-refractivity contribution in [2.75, 3.05) is 24.4 Å². The normalized spacial score (nSPS) is 12.6. The summed E-state index contributed by atoms with van der Waals surface area (Å²) in [5.74, 6) is 5.86. The molecular formula is C24H21F2N5O3S. The molecular weight excluding hydrogens is 476 g/mol. The molecule has 11 heteroatoms. The van der Waals surface area contributed by atoms with Crippen molar-refractivity contribution in [1.29, 1.82) is 0 Å². The lowest BCUT2D eigenvalue weighted by Crippen LogP contribution is -2.23. The lowest BCUT2D eigenvalue weighted by Gasteiger charge is -2.19. The fraction of sp³-hybridized carbons (Fsp3) is 0.292. The molecule has 0 saturated heterocycles. The molecule has 0 bridgehead atoms. The van der Waals surface area contributed by atoms with Crippen LogP contribution in [0.5, 0.6) is 5.75 Å². The van der Waals surface area contributed by atoms with Crippen molar-refractivity contribution in [3.05, 3.63) is 46.7 Å². The molecule has 35 heavy (non-hydrogen) atoms. The van der Waals surface area contributed by atoms with Crippen LogP contribution in [0.25, 0.3) is 11.1 Å². The van der Waals surface area contributed by atoms with E-state index >= 15 is 0 Å². The van der Waals surface area contributed by atoms with E-state index in [1.165, 1.54) is 37.3 Å². The van der Waals surface area contributed by atoms with Gasteiger partial charge >= 0.3 is 0 Å². The Bertz CT molecular complexity index is 1340. The highest BCUT2D eigenvalue weighted by Gasteiger charge is 2.22. The van der Waals surface area contributed by atoms with Crippen LogP contribution >= 0.6 is 11.3 Å². The van der Waals surface area contributed by atoms with Crippen LogP contribution in [0.4, 0.5) is 19.6 Å². The van der Waals surface area contributed by atoms with Gasteiger partial charge in [-0.2, -0.15) is 0 Å². The number of nitrogens with zero attached hydrogens (tertiary/aromatic N) is 4. The van der Waals surface area contributed by atoms with Crippen LogP contribution in [-0.2, 0) is 4.79 Å². The Balaban J connectivity index is 1.74. The van der Waals surface area contributed by atoms with Crippen LogP contribution in [0.2, 0.25) is 0 Å². The number of benzene rings is 1. The van der Waals surface area contributed by atoms with Crippen molar-refractivity contribution in [1.82, 2.24) is 15.2 Å². The molecule has 1 aromatic carbocycles. The third-order valence-corrected chi connectivity index (χ3v) is 6.09. The van der Waals surface area contributed by atoms with Crippen LogP contribution in [0.1, 0.15) is 47.3 Å². The number of pyridine rings is 1. The molecule has 1 aliphatic carbocycles. The Kier molecular flexibility index (Phi) is 7.02. The van der Waals surface area contributed by atoms with E-state index in [1.807, 2.05) is 0 Å². The van der Waals surface area contributed by atoms with Gasteiger partial charge in [0.15, 0.2) is 5.01 Å². The molecule has 2 heterocycles. The first-order chi connectivity index (χ1) is 16.8. The van der Waals surface area contributed by atoms with E-state index in [9.17, 15) is 18.4 Å². The van der Waals surface area contributed by atoms with E-state index < -0.39 is 18.0 Å². The minimum Gasteiger partial charge on any atom is -0.494 e. The minimum absolute atomic E-state index is 0.163. The van der Waals surface area contributed by atoms with E-state index in [0.29, 0.717) is 16.6 Å². The number of carbonyl (C=O) groups excluding carboxylic acids is 2. The van der Waals surface area contributed by atoms with Crippen molar-refractivity contribution >= 4 is 34.0 Å². The number of anilines is 2. The largest absolute Gasteiger partial charge is 0.494 e. The number of aromatic nitrogens is 3. The molecule has 2 amide bonds. The number of ether oxygens (including phenoxy) is 1. The summed E-state index contributed by atoms with van der Waals surface area (Å²) in [6.45, 7) is 1.39. The van der Waals surface area contributed by atoms with E-state index in [4.69, 9.17) is 4.74 Å². The summed E-state index contributed by atoms with van der Waals surface area (Å²) >= 11 is 1.14. The van der Waals surface area contributed by atoms with Gasteiger partial charge in [-0.25, -0.2) is 8.78 Å². The van der Waals surface area contributed by atoms with Gasteiger partial charge in [0.05, 0.1) is 13.3 Å². The molecule has 1 fully saturated rings. The predicted molar refractivity (Wildman–Crippen MR) is 128 cm³/mol. The average Bonchev–Trinajstić information content (AvgIpc) is 3.58. The quantitative estimate of drug-likeness (QED) is 0.502. The average molecular weight is 498 g/mol. The lowest BCUT2D eigenvalue weighted by atomic mass is 9.97. The summed E-state index contributed by atoms with van der Waals surface area (Å²) in [4.78, 5) is 30.2. The molecule has 4 rings (SSSR count). The molecule has 0 unspecified atom stereocenters. The monoisotopic (exact) mass is 497 g/mol. The van der Waals surface area contributed by atoms with Crippen molar-refractivity contribution in [2.24, 2.45) is 5.92 Å². The minimum atomic E-state index is -2.82. The van der Waals surface area contributed by atoms with Gasteiger partial charge in [-0.1, -0.05) is 17.3 Å². The number of rotatable bonds is 6. The number of amides is 2. The van der Waals surface area contributed by atoms with Gasteiger partial charge in [0.25, 0.3) is 12.3 Å². The molecule has 1 saturated carbocycles. The first-order valence-electron chi connectivity index (χ1n) is 10.6. The van der Waals surface area contributed by atoms with Crippen LogP contribution in [0.3, 0.4) is 0 Å². The van der Waals surface area contributed by atoms with Gasteiger partial charge < -0.3 is 9.64 Å². The zero-order valence-corrected chi connectivity index (χ0v) is 19.9. The SMILES string of the molecule is COc1cnc(C(F)F)cc1-c1cc(N(C)C(C)=O)ccc1C(=O)Nc1nnc(C#CC2CC2)s1. The number of hydrogen-bond acceptors (Lipinski definition) is 7. The third-order valence-electron chi connectivity index (χ3n) is 5.34. The number of methoxy groups -OCH3 is 1. The maximum absolute atomic E-state index is 13.4. The molecule has 0 spiro atoms. The van der Waals surface area contributed by atoms with Crippen molar-refractivity contribution < 1.29 is 23.1 Å². The molecule has 2 aromatic heterocycles. The first-order valence-corrected chi connectivity index (χ1v) is 11.5. The predicted octanol–water partition coefficient (Wildman–Crippen LogP) is 4.54. The molecule has 180 valence electrons. The van der Waals surface area contributed by atoms with Gasteiger partial charge in [-0.05, 0) is 43.0 Å². The van der Waals surface area contributed by atoms with Gasteiger partial charge in [-0.3, -0.25) is 19.9 Å². The standard InChI is InChI=1S/C24H21F2N5O3S/c1-13(32)31(2)15-7-8-16(17(10-15)18-11-19(22(25)26)27-12-20(18)34-3)23(33)28-24-30-29-21(35-24)9-6-14-4-5-14/h7-8,10-12,14,22H,4-5H2,1-3H3,(H,28,30,33). The van der Waals surface area contributed by atoms with Crippen molar-refractivity contribution in [3.63, 3.8) is 0 Å². The first kappa shape index (κ1) is 24.2. The second kappa shape index (κ2) is 10.1. The van der Waals surface area contributed by atoms with Crippen LogP contribution in [0.15, 0.2) is 30.5 Å². The smallest absolute Gasteiger partial charge is 0.280 e. The zero-order chi connectivity index (χ0) is 25.1. The van der Waals surface area contributed by atoms with Gasteiger partial charge in [0, 0.05) is 42.3 Å². The highest BCUT2D eigenvalue weighted by Crippen LogP contribution is 2.37. The van der Waals surface area contributed by atoms with Crippen LogP contribution in [0, 0.1) is 17.8 Å². The van der Waals surface area contributed by atoms with Gasteiger partial charge in [0.2, 0.25) is 11.0 Å². The Morgan fingerprint density at radius 2 is 2.00 bits per heavy atom. The summed E-state index contributed by atoms with van der Waals surface area (Å²) in [6.07, 6.45) is 0.518. The Morgan fingerprint density at radius 1 is 1.23 bits per heavy atom. The Hall–Kier alpha value is -3.91. The molecule has 0 aliphatic heterocycles. The van der Waals surface area contributed by atoms with Crippen LogP contribution in [-0.4, -0.2) is 41.2 Å². The summed E-state index contributed by atoms with van der Waals surface area (Å²) in [7, 11) is 2.94. The maximum Gasteiger partial charge on any atom is 0.280 e. The number of alkyl halides is 2. The zero-order valence-electron chi connectivity index (χ0n) is 19.1. The summed E-state index contributed by atoms with van der Waals surface area (Å²) in [5, 5.41) is 11.4. The van der Waals surface area contributed by atoms with E-state index in [0.717, 1.165) is 24.2 Å². The molecule has 3 aromatic rings. The second-order valence-corrected chi connectivity index (χ2v) is 8.81. The number of hydrogen-bond donors (Lipinski definition) is 1. The van der Waals surface area contributed by atoms with Gasteiger partial charge in [-0.15, -0.1) is 10.2 Å². The number of nitrogens with one attached hydrogen (secondary N) is 1. The highest BCUT2D eigenvalue weighted by molar-refractivity contribution is 7.15.